The van der Waals surface area contributed by atoms with Gasteiger partial charge in [-0.15, -0.1) is 24.8 Å². The number of rotatable bonds is 2. The van der Waals surface area contributed by atoms with Crippen molar-refractivity contribution in [2.75, 3.05) is 26.2 Å². The third kappa shape index (κ3) is 5.67. The molecule has 1 fully saturated rings. The average molecular weight is 408 g/mol. The third-order valence-corrected chi connectivity index (χ3v) is 4.30. The molecule has 0 aliphatic carbocycles. The van der Waals surface area contributed by atoms with Crippen molar-refractivity contribution in [3.8, 4) is 0 Å². The molecule has 1 N–H and O–H groups in total. The average Bonchev–Trinajstić information content (AvgIpc) is 2.39. The fraction of sp³-hybridized carbons (Fsp3) is 0.625. The van der Waals surface area contributed by atoms with E-state index in [0.717, 1.165) is 32.2 Å². The maximum atomic E-state index is 13.0. The summed E-state index contributed by atoms with van der Waals surface area (Å²) in [6.07, 6.45) is -4.36. The summed E-state index contributed by atoms with van der Waals surface area (Å²) in [5.74, 6) is 0. The molecule has 0 amide bonds. The summed E-state index contributed by atoms with van der Waals surface area (Å²) in [6.45, 7) is 9.39. The lowest BCUT2D eigenvalue weighted by Crippen LogP contribution is -2.48. The Balaban J connectivity index is 0.00000264. The zero-order chi connectivity index (χ0) is 16.5. The number of halogens is 6. The van der Waals surface area contributed by atoms with Crippen LogP contribution < -0.4 is 5.32 Å². The van der Waals surface area contributed by atoms with Crippen LogP contribution in [0.2, 0.25) is 5.02 Å². The molecule has 1 aromatic rings. The molecule has 0 saturated carbocycles. The molecule has 1 saturated heterocycles. The number of alkyl halides is 3. The lowest BCUT2D eigenvalue weighted by molar-refractivity contribution is -0.137. The van der Waals surface area contributed by atoms with Crippen molar-refractivity contribution < 1.29 is 13.2 Å². The lowest BCUT2D eigenvalue weighted by atomic mass is 9.80. The molecule has 8 heteroatoms. The monoisotopic (exact) mass is 406 g/mol. The molecule has 1 aliphatic rings. The van der Waals surface area contributed by atoms with E-state index < -0.39 is 11.7 Å². The van der Waals surface area contributed by atoms with Crippen LogP contribution in [0.1, 0.15) is 37.9 Å². The molecule has 0 radical (unpaired) electrons. The molecule has 2 nitrogen and oxygen atoms in total. The normalized spacial score (nSPS) is 17.6. The second kappa shape index (κ2) is 8.95. The maximum Gasteiger partial charge on any atom is 0.416 e. The molecule has 140 valence electrons. The highest BCUT2D eigenvalue weighted by Crippen LogP contribution is 2.43. The largest absolute Gasteiger partial charge is 0.416 e. The Hall–Kier alpha value is -0.200. The van der Waals surface area contributed by atoms with E-state index in [1.807, 2.05) is 20.8 Å². The molecule has 0 aromatic heterocycles. The first-order valence-corrected chi connectivity index (χ1v) is 7.80. The van der Waals surface area contributed by atoms with Crippen LogP contribution in [0.4, 0.5) is 13.2 Å². The van der Waals surface area contributed by atoms with Crippen LogP contribution in [0, 0.1) is 5.41 Å². The van der Waals surface area contributed by atoms with Gasteiger partial charge in [0.15, 0.2) is 0 Å². The lowest BCUT2D eigenvalue weighted by Gasteiger charge is -2.43. The maximum absolute atomic E-state index is 13.0. The first kappa shape index (κ1) is 23.8. The van der Waals surface area contributed by atoms with E-state index in [0.29, 0.717) is 10.6 Å². The Kier molecular flexibility index (Phi) is 8.87. The van der Waals surface area contributed by atoms with Crippen LogP contribution in [0.3, 0.4) is 0 Å². The van der Waals surface area contributed by atoms with Crippen molar-refractivity contribution in [2.45, 2.75) is 33.0 Å². The minimum atomic E-state index is -4.36. The Labute approximate surface area is 158 Å². The second-order valence-corrected chi connectivity index (χ2v) is 7.20. The number of hydrogen-bond donors (Lipinski definition) is 1. The van der Waals surface area contributed by atoms with Crippen LogP contribution in [-0.4, -0.2) is 31.1 Å². The predicted molar refractivity (Wildman–Crippen MR) is 97.6 cm³/mol. The minimum Gasteiger partial charge on any atom is -0.314 e. The Morgan fingerprint density at radius 2 is 1.62 bits per heavy atom. The summed E-state index contributed by atoms with van der Waals surface area (Å²) in [7, 11) is 0. The smallest absolute Gasteiger partial charge is 0.314 e. The van der Waals surface area contributed by atoms with Gasteiger partial charge in [-0.3, -0.25) is 4.90 Å². The molecule has 1 aliphatic heterocycles. The van der Waals surface area contributed by atoms with E-state index >= 15 is 0 Å². The van der Waals surface area contributed by atoms with Gasteiger partial charge in [0.05, 0.1) is 5.56 Å². The molecular weight excluding hydrogens is 384 g/mol. The van der Waals surface area contributed by atoms with Crippen LogP contribution in [0.25, 0.3) is 0 Å². The molecule has 0 bridgehead atoms. The van der Waals surface area contributed by atoms with Crippen LogP contribution in [-0.2, 0) is 6.18 Å². The van der Waals surface area contributed by atoms with E-state index in [9.17, 15) is 13.2 Å². The molecule has 1 atom stereocenters. The number of nitrogens with zero attached hydrogens (tertiary/aromatic N) is 1. The van der Waals surface area contributed by atoms with E-state index in [1.165, 1.54) is 12.1 Å². The highest BCUT2D eigenvalue weighted by Gasteiger charge is 2.37. The Bertz CT molecular complexity index is 524. The fourth-order valence-electron chi connectivity index (χ4n) is 3.08. The molecule has 1 heterocycles. The van der Waals surface area contributed by atoms with Crippen LogP contribution in [0.5, 0.6) is 0 Å². The summed E-state index contributed by atoms with van der Waals surface area (Å²) >= 11 is 6.26. The number of nitrogens with one attached hydrogen (secondary N) is 1. The second-order valence-electron chi connectivity index (χ2n) is 6.79. The van der Waals surface area contributed by atoms with Gasteiger partial charge in [-0.25, -0.2) is 0 Å². The van der Waals surface area contributed by atoms with Gasteiger partial charge in [-0.1, -0.05) is 32.4 Å². The van der Waals surface area contributed by atoms with E-state index in [4.69, 9.17) is 11.6 Å². The zero-order valence-electron chi connectivity index (χ0n) is 13.9. The Morgan fingerprint density at radius 1 is 1.08 bits per heavy atom. The molecule has 0 unspecified atom stereocenters. The summed E-state index contributed by atoms with van der Waals surface area (Å²) < 4.78 is 39.1. The van der Waals surface area contributed by atoms with E-state index in [1.54, 1.807) is 0 Å². The zero-order valence-corrected chi connectivity index (χ0v) is 16.3. The van der Waals surface area contributed by atoms with Crippen molar-refractivity contribution in [2.24, 2.45) is 5.41 Å². The van der Waals surface area contributed by atoms with Crippen molar-refractivity contribution in [1.82, 2.24) is 10.2 Å². The van der Waals surface area contributed by atoms with Crippen LogP contribution in [0.15, 0.2) is 18.2 Å². The topological polar surface area (TPSA) is 15.3 Å². The van der Waals surface area contributed by atoms with E-state index in [-0.39, 0.29) is 36.3 Å². The Morgan fingerprint density at radius 3 is 2.08 bits per heavy atom. The quantitative estimate of drug-likeness (QED) is 0.725. The van der Waals surface area contributed by atoms with Gasteiger partial charge in [0.2, 0.25) is 0 Å². The summed E-state index contributed by atoms with van der Waals surface area (Å²) in [4.78, 5) is 2.22. The van der Waals surface area contributed by atoms with Gasteiger partial charge < -0.3 is 5.32 Å². The van der Waals surface area contributed by atoms with Crippen molar-refractivity contribution in [3.05, 3.63) is 34.3 Å². The van der Waals surface area contributed by atoms with Gasteiger partial charge >= 0.3 is 6.18 Å². The summed E-state index contributed by atoms with van der Waals surface area (Å²) in [5.41, 5.74) is -0.298. The van der Waals surface area contributed by atoms with Gasteiger partial charge in [-0.2, -0.15) is 13.2 Å². The summed E-state index contributed by atoms with van der Waals surface area (Å²) in [5, 5.41) is 3.66. The van der Waals surface area contributed by atoms with Gasteiger partial charge in [0.25, 0.3) is 0 Å². The summed E-state index contributed by atoms with van der Waals surface area (Å²) in [6, 6.07) is 3.47. The number of benzene rings is 1. The number of piperazine rings is 1. The highest BCUT2D eigenvalue weighted by atomic mass is 35.5. The first-order chi connectivity index (χ1) is 10.1. The molecule has 24 heavy (non-hydrogen) atoms. The third-order valence-electron chi connectivity index (χ3n) is 3.95. The highest BCUT2D eigenvalue weighted by molar-refractivity contribution is 6.31. The molecular formula is C16H24Cl3F3N2. The van der Waals surface area contributed by atoms with Crippen LogP contribution >= 0.6 is 36.4 Å². The predicted octanol–water partition coefficient (Wildman–Crippen LogP) is 5.19. The molecule has 1 aromatic carbocycles. The molecule has 2 rings (SSSR count). The SMILES string of the molecule is CC(C)(C)[C@H](c1cc(C(F)(F)F)ccc1Cl)N1CCNCC1.Cl.Cl. The van der Waals surface area contributed by atoms with Gasteiger partial charge in [0, 0.05) is 37.2 Å². The molecule has 0 spiro atoms. The first-order valence-electron chi connectivity index (χ1n) is 7.42. The standard InChI is InChI=1S/C16H22ClF3N2.2ClH/c1-15(2,3)14(22-8-6-21-7-9-22)12-10-11(16(18,19)20)4-5-13(12)17;;/h4-5,10,14,21H,6-9H2,1-3H3;2*1H/t14-;;/m0../s1. The van der Waals surface area contributed by atoms with Gasteiger partial charge in [0.1, 0.15) is 0 Å². The van der Waals surface area contributed by atoms with E-state index in [2.05, 4.69) is 10.2 Å². The van der Waals surface area contributed by atoms with Crippen molar-refractivity contribution in [1.29, 1.82) is 0 Å². The van der Waals surface area contributed by atoms with Crippen molar-refractivity contribution >= 4 is 36.4 Å². The fourth-order valence-corrected chi connectivity index (χ4v) is 3.30. The minimum absolute atomic E-state index is 0. The van der Waals surface area contributed by atoms with Crippen molar-refractivity contribution in [3.63, 3.8) is 0 Å². The number of hydrogen-bond acceptors (Lipinski definition) is 2. The van der Waals surface area contributed by atoms with Gasteiger partial charge in [-0.05, 0) is 29.2 Å².